The van der Waals surface area contributed by atoms with Crippen molar-refractivity contribution in [3.05, 3.63) is 24.2 Å². The van der Waals surface area contributed by atoms with Crippen molar-refractivity contribution in [1.29, 1.82) is 0 Å². The van der Waals surface area contributed by atoms with E-state index in [1.807, 2.05) is 13.8 Å². The van der Waals surface area contributed by atoms with Gasteiger partial charge < -0.3 is 0 Å². The number of aromatic nitrogens is 2. The molecule has 1 aromatic rings. The molecule has 0 amide bonds. The predicted molar refractivity (Wildman–Crippen MR) is 50.9 cm³/mol. The molecule has 0 radical (unpaired) electrons. The standard InChI is InChI=1S/C9H12FN3/c1-4-7-9(13-10)12-8(5-11-7)6(2)3/h4-6H,1H2,2-3H3,(H,12,13). The van der Waals surface area contributed by atoms with Crippen molar-refractivity contribution < 1.29 is 4.48 Å². The van der Waals surface area contributed by atoms with Gasteiger partial charge in [-0.2, -0.15) is 0 Å². The number of rotatable bonds is 3. The topological polar surface area (TPSA) is 37.8 Å². The molecule has 0 spiro atoms. The van der Waals surface area contributed by atoms with Gasteiger partial charge >= 0.3 is 0 Å². The first-order valence-corrected chi connectivity index (χ1v) is 4.05. The lowest BCUT2D eigenvalue weighted by Crippen LogP contribution is -2.00. The maximum atomic E-state index is 12.2. The van der Waals surface area contributed by atoms with Gasteiger partial charge in [-0.1, -0.05) is 20.4 Å². The lowest BCUT2D eigenvalue weighted by Gasteiger charge is -2.06. The van der Waals surface area contributed by atoms with E-state index in [1.165, 1.54) is 11.6 Å². The van der Waals surface area contributed by atoms with E-state index >= 15 is 0 Å². The summed E-state index contributed by atoms with van der Waals surface area (Å²) in [7, 11) is 0. The van der Waals surface area contributed by atoms with Gasteiger partial charge in [-0.3, -0.25) is 4.98 Å². The Morgan fingerprint density at radius 3 is 2.77 bits per heavy atom. The van der Waals surface area contributed by atoms with Gasteiger partial charge in [0.2, 0.25) is 0 Å². The molecule has 1 aromatic heterocycles. The van der Waals surface area contributed by atoms with E-state index in [9.17, 15) is 4.48 Å². The summed E-state index contributed by atoms with van der Waals surface area (Å²) in [5, 5.41) is 0. The Labute approximate surface area is 76.7 Å². The van der Waals surface area contributed by atoms with E-state index in [0.29, 0.717) is 5.69 Å². The molecule has 0 fully saturated rings. The molecule has 13 heavy (non-hydrogen) atoms. The minimum Gasteiger partial charge on any atom is -0.251 e. The van der Waals surface area contributed by atoms with Crippen molar-refractivity contribution in [3.63, 3.8) is 0 Å². The zero-order valence-electron chi connectivity index (χ0n) is 7.71. The van der Waals surface area contributed by atoms with Crippen LogP contribution >= 0.6 is 0 Å². The zero-order valence-corrected chi connectivity index (χ0v) is 7.71. The van der Waals surface area contributed by atoms with Gasteiger partial charge in [0.1, 0.15) is 5.69 Å². The second-order valence-corrected chi connectivity index (χ2v) is 2.98. The van der Waals surface area contributed by atoms with Crippen LogP contribution in [0.5, 0.6) is 0 Å². The fourth-order valence-corrected chi connectivity index (χ4v) is 0.909. The molecule has 0 unspecified atom stereocenters. The Morgan fingerprint density at radius 2 is 2.31 bits per heavy atom. The molecule has 0 atom stereocenters. The third-order valence-corrected chi connectivity index (χ3v) is 1.69. The third kappa shape index (κ3) is 2.02. The van der Waals surface area contributed by atoms with E-state index in [-0.39, 0.29) is 11.7 Å². The van der Waals surface area contributed by atoms with Crippen molar-refractivity contribution in [2.45, 2.75) is 19.8 Å². The van der Waals surface area contributed by atoms with Crippen molar-refractivity contribution in [2.24, 2.45) is 0 Å². The lowest BCUT2D eigenvalue weighted by molar-refractivity contribution is 0.607. The van der Waals surface area contributed by atoms with Gasteiger partial charge in [-0.25, -0.2) is 10.5 Å². The number of hydrogen-bond donors (Lipinski definition) is 1. The highest BCUT2D eigenvalue weighted by Crippen LogP contribution is 2.16. The van der Waals surface area contributed by atoms with Crippen molar-refractivity contribution in [2.75, 3.05) is 5.54 Å². The van der Waals surface area contributed by atoms with Crippen LogP contribution in [-0.4, -0.2) is 9.97 Å². The number of nitrogens with one attached hydrogen (secondary N) is 1. The fraction of sp³-hybridized carbons (Fsp3) is 0.333. The highest BCUT2D eigenvalue weighted by atomic mass is 19.2. The van der Waals surface area contributed by atoms with Crippen molar-refractivity contribution >= 4 is 11.9 Å². The maximum absolute atomic E-state index is 12.2. The molecule has 0 aromatic carbocycles. The van der Waals surface area contributed by atoms with E-state index in [0.717, 1.165) is 5.69 Å². The highest BCUT2D eigenvalue weighted by molar-refractivity contribution is 5.56. The monoisotopic (exact) mass is 181 g/mol. The van der Waals surface area contributed by atoms with Gasteiger partial charge in [-0.15, -0.1) is 4.48 Å². The number of halogens is 1. The second kappa shape index (κ2) is 3.98. The van der Waals surface area contributed by atoms with E-state index < -0.39 is 0 Å². The number of hydrogen-bond acceptors (Lipinski definition) is 3. The van der Waals surface area contributed by atoms with Crippen molar-refractivity contribution in [3.8, 4) is 0 Å². The smallest absolute Gasteiger partial charge is 0.180 e. The summed E-state index contributed by atoms with van der Waals surface area (Å²) in [6, 6.07) is 0. The minimum absolute atomic E-state index is 0.126. The van der Waals surface area contributed by atoms with Crippen LogP contribution < -0.4 is 5.54 Å². The van der Waals surface area contributed by atoms with Crippen LogP contribution in [0.1, 0.15) is 31.2 Å². The molecule has 0 saturated carbocycles. The number of anilines is 1. The first-order chi connectivity index (χ1) is 6.19. The Hall–Kier alpha value is -1.45. The van der Waals surface area contributed by atoms with Crippen LogP contribution in [0.25, 0.3) is 6.08 Å². The van der Waals surface area contributed by atoms with Crippen LogP contribution in [0, 0.1) is 0 Å². The summed E-state index contributed by atoms with van der Waals surface area (Å²) >= 11 is 0. The minimum atomic E-state index is 0.126. The quantitative estimate of drug-likeness (QED) is 0.728. The van der Waals surface area contributed by atoms with Gasteiger partial charge in [-0.05, 0) is 12.0 Å². The van der Waals surface area contributed by atoms with Crippen LogP contribution in [0.2, 0.25) is 0 Å². The Balaban J connectivity index is 3.12. The van der Waals surface area contributed by atoms with Crippen LogP contribution in [0.15, 0.2) is 12.8 Å². The molecule has 0 bridgehead atoms. The summed E-state index contributed by atoms with van der Waals surface area (Å²) in [6.07, 6.45) is 3.08. The summed E-state index contributed by atoms with van der Waals surface area (Å²) in [6.45, 7) is 7.45. The maximum Gasteiger partial charge on any atom is 0.180 e. The molecule has 0 aliphatic carbocycles. The van der Waals surface area contributed by atoms with Gasteiger partial charge in [0.15, 0.2) is 5.82 Å². The van der Waals surface area contributed by atoms with Crippen LogP contribution in [-0.2, 0) is 0 Å². The van der Waals surface area contributed by atoms with E-state index in [2.05, 4.69) is 16.5 Å². The Bertz CT molecular complexity index is 310. The predicted octanol–water partition coefficient (Wildman–Crippen LogP) is 2.54. The third-order valence-electron chi connectivity index (χ3n) is 1.69. The van der Waals surface area contributed by atoms with Gasteiger partial charge in [0.25, 0.3) is 0 Å². The van der Waals surface area contributed by atoms with Crippen LogP contribution in [0.4, 0.5) is 10.3 Å². The van der Waals surface area contributed by atoms with Gasteiger partial charge in [0, 0.05) is 6.20 Å². The summed E-state index contributed by atoms with van der Waals surface area (Å²) in [4.78, 5) is 8.05. The molecular weight excluding hydrogens is 169 g/mol. The molecule has 0 saturated heterocycles. The molecule has 0 aliphatic heterocycles. The average molecular weight is 181 g/mol. The number of nitrogens with zero attached hydrogens (tertiary/aromatic N) is 2. The van der Waals surface area contributed by atoms with E-state index in [4.69, 9.17) is 0 Å². The van der Waals surface area contributed by atoms with E-state index in [1.54, 1.807) is 6.20 Å². The SMILES string of the molecule is C=Cc1ncc(C(C)C)nc1NF. The molecule has 3 nitrogen and oxygen atoms in total. The largest absolute Gasteiger partial charge is 0.251 e. The molecule has 1 N–H and O–H groups in total. The zero-order chi connectivity index (χ0) is 9.84. The highest BCUT2D eigenvalue weighted by Gasteiger charge is 2.06. The Morgan fingerprint density at radius 1 is 1.62 bits per heavy atom. The van der Waals surface area contributed by atoms with Gasteiger partial charge in [0.05, 0.1) is 5.69 Å². The second-order valence-electron chi connectivity index (χ2n) is 2.98. The van der Waals surface area contributed by atoms with Crippen molar-refractivity contribution in [1.82, 2.24) is 9.97 Å². The normalized spacial score (nSPS) is 10.2. The summed E-state index contributed by atoms with van der Waals surface area (Å²) in [5.41, 5.74) is 2.68. The lowest BCUT2D eigenvalue weighted by atomic mass is 10.1. The molecule has 70 valence electrons. The molecular formula is C9H12FN3. The first kappa shape index (κ1) is 9.64. The summed E-state index contributed by atoms with van der Waals surface area (Å²) in [5.74, 6) is 0.361. The average Bonchev–Trinajstić information content (AvgIpc) is 2.16. The first-order valence-electron chi connectivity index (χ1n) is 4.05. The molecule has 4 heteroatoms. The summed E-state index contributed by atoms with van der Waals surface area (Å²) < 4.78 is 12.2. The molecule has 1 rings (SSSR count). The van der Waals surface area contributed by atoms with Crippen LogP contribution in [0.3, 0.4) is 0 Å². The Kier molecular flexibility index (Phi) is 2.95. The molecule has 0 aliphatic rings. The fourth-order valence-electron chi connectivity index (χ4n) is 0.909. The molecule has 1 heterocycles.